The molecule has 0 bridgehead atoms. The van der Waals surface area contributed by atoms with E-state index in [1.807, 2.05) is 0 Å². The minimum absolute atomic E-state index is 0.492. The van der Waals surface area contributed by atoms with E-state index in [0.29, 0.717) is 11.5 Å². The van der Waals surface area contributed by atoms with E-state index < -0.39 is 0 Å². The molecule has 0 aromatic carbocycles. The number of methoxy groups -OCH3 is 1. The molecule has 0 aliphatic carbocycles. The van der Waals surface area contributed by atoms with E-state index in [1.165, 1.54) is 19.4 Å². The van der Waals surface area contributed by atoms with E-state index in [-0.39, 0.29) is 0 Å². The molecule has 0 N–H and O–H groups in total. The molecule has 1 aliphatic rings. The van der Waals surface area contributed by atoms with Crippen LogP contribution < -0.4 is 0 Å². The summed E-state index contributed by atoms with van der Waals surface area (Å²) in [6.45, 7) is 10.4. The third kappa shape index (κ3) is 4.10. The highest BCUT2D eigenvalue weighted by Gasteiger charge is 2.25. The highest BCUT2D eigenvalue weighted by Crippen LogP contribution is 2.21. The van der Waals surface area contributed by atoms with Gasteiger partial charge in [0.15, 0.2) is 0 Å². The fourth-order valence-corrected chi connectivity index (χ4v) is 1.69. The van der Waals surface area contributed by atoms with Crippen molar-refractivity contribution in [1.82, 2.24) is 4.90 Å². The van der Waals surface area contributed by atoms with Crippen molar-refractivity contribution in [3.05, 3.63) is 0 Å². The topological polar surface area (TPSA) is 12.5 Å². The summed E-state index contributed by atoms with van der Waals surface area (Å²) in [6.07, 6.45) is 3.15. The van der Waals surface area contributed by atoms with Crippen LogP contribution in [0.4, 0.5) is 0 Å². The van der Waals surface area contributed by atoms with Gasteiger partial charge >= 0.3 is 0 Å². The van der Waals surface area contributed by atoms with Crippen LogP contribution in [0.1, 0.15) is 33.6 Å². The number of likely N-dealkylation sites (tertiary alicyclic amines) is 1. The zero-order valence-electron chi connectivity index (χ0n) is 9.47. The third-order valence-corrected chi connectivity index (χ3v) is 2.66. The van der Waals surface area contributed by atoms with Gasteiger partial charge in [-0.3, -0.25) is 4.90 Å². The lowest BCUT2D eigenvalue weighted by atomic mass is 9.90. The maximum atomic E-state index is 5.22. The number of hydrogen-bond acceptors (Lipinski definition) is 2. The molecular weight excluding hydrogens is 162 g/mol. The van der Waals surface area contributed by atoms with Crippen molar-refractivity contribution in [2.24, 2.45) is 5.41 Å². The van der Waals surface area contributed by atoms with Gasteiger partial charge in [-0.2, -0.15) is 0 Å². The van der Waals surface area contributed by atoms with Gasteiger partial charge < -0.3 is 4.74 Å². The van der Waals surface area contributed by atoms with Crippen molar-refractivity contribution in [1.29, 1.82) is 0 Å². The molecule has 0 unspecified atom stereocenters. The van der Waals surface area contributed by atoms with Crippen LogP contribution in [0.5, 0.6) is 0 Å². The molecule has 2 nitrogen and oxygen atoms in total. The monoisotopic (exact) mass is 185 g/mol. The van der Waals surface area contributed by atoms with E-state index in [4.69, 9.17) is 4.74 Å². The Morgan fingerprint density at radius 3 is 2.38 bits per heavy atom. The summed E-state index contributed by atoms with van der Waals surface area (Å²) in [5, 5.41) is 0. The fourth-order valence-electron chi connectivity index (χ4n) is 1.69. The van der Waals surface area contributed by atoms with Crippen LogP contribution in [0.2, 0.25) is 0 Å². The van der Waals surface area contributed by atoms with Crippen LogP contribution in [0.25, 0.3) is 0 Å². The minimum Gasteiger partial charge on any atom is -0.379 e. The SMILES string of the molecule is COC1CN(CCCC(C)(C)C)C1. The summed E-state index contributed by atoms with van der Waals surface area (Å²) in [5.41, 5.74) is 0.492. The first-order chi connectivity index (χ1) is 6.01. The van der Waals surface area contributed by atoms with Gasteiger partial charge in [-0.25, -0.2) is 0 Å². The van der Waals surface area contributed by atoms with Gasteiger partial charge in [0.2, 0.25) is 0 Å². The fraction of sp³-hybridized carbons (Fsp3) is 1.00. The van der Waals surface area contributed by atoms with Gasteiger partial charge in [0.25, 0.3) is 0 Å². The molecule has 1 heterocycles. The van der Waals surface area contributed by atoms with Crippen LogP contribution in [-0.2, 0) is 4.74 Å². The maximum Gasteiger partial charge on any atom is 0.0824 e. The lowest BCUT2D eigenvalue weighted by Gasteiger charge is -2.38. The van der Waals surface area contributed by atoms with Crippen LogP contribution >= 0.6 is 0 Å². The second kappa shape index (κ2) is 4.43. The molecule has 0 saturated carbocycles. The van der Waals surface area contributed by atoms with Crippen molar-refractivity contribution < 1.29 is 4.74 Å². The van der Waals surface area contributed by atoms with Crippen molar-refractivity contribution in [2.45, 2.75) is 39.7 Å². The molecule has 78 valence electrons. The zero-order chi connectivity index (χ0) is 9.90. The molecule has 0 aromatic rings. The molecule has 1 aliphatic heterocycles. The highest BCUT2D eigenvalue weighted by atomic mass is 16.5. The molecule has 0 amide bonds. The molecule has 1 saturated heterocycles. The van der Waals surface area contributed by atoms with E-state index in [2.05, 4.69) is 25.7 Å². The summed E-state index contributed by atoms with van der Waals surface area (Å²) in [5.74, 6) is 0. The summed E-state index contributed by atoms with van der Waals surface area (Å²) in [4.78, 5) is 2.47. The normalized spacial score (nSPS) is 20.3. The Morgan fingerprint density at radius 1 is 1.31 bits per heavy atom. The molecule has 0 atom stereocenters. The average Bonchev–Trinajstić information content (AvgIpc) is 1.91. The number of hydrogen-bond donors (Lipinski definition) is 0. The van der Waals surface area contributed by atoms with Crippen LogP contribution in [0.3, 0.4) is 0 Å². The van der Waals surface area contributed by atoms with Gasteiger partial charge in [0.05, 0.1) is 6.10 Å². The zero-order valence-corrected chi connectivity index (χ0v) is 9.47. The molecule has 1 fully saturated rings. The largest absolute Gasteiger partial charge is 0.379 e. The second-order valence-corrected chi connectivity index (χ2v) is 5.28. The first kappa shape index (κ1) is 11.0. The first-order valence-corrected chi connectivity index (χ1v) is 5.26. The Balaban J connectivity index is 1.97. The van der Waals surface area contributed by atoms with Gasteiger partial charge in [-0.05, 0) is 24.8 Å². The van der Waals surface area contributed by atoms with E-state index in [0.717, 1.165) is 13.1 Å². The number of ether oxygens (including phenoxy) is 1. The molecule has 0 radical (unpaired) electrons. The molecular formula is C11H23NO. The molecule has 2 heteroatoms. The first-order valence-electron chi connectivity index (χ1n) is 5.26. The summed E-state index contributed by atoms with van der Waals surface area (Å²) in [7, 11) is 1.80. The Bertz CT molecular complexity index is 145. The molecule has 1 rings (SSSR count). The quantitative estimate of drug-likeness (QED) is 0.665. The Labute approximate surface area is 82.3 Å². The second-order valence-electron chi connectivity index (χ2n) is 5.28. The van der Waals surface area contributed by atoms with Gasteiger partial charge in [-0.15, -0.1) is 0 Å². The third-order valence-electron chi connectivity index (χ3n) is 2.66. The van der Waals surface area contributed by atoms with Gasteiger partial charge in [-0.1, -0.05) is 20.8 Å². The van der Waals surface area contributed by atoms with Crippen molar-refractivity contribution in [2.75, 3.05) is 26.7 Å². The maximum absolute atomic E-state index is 5.22. The Morgan fingerprint density at radius 2 is 1.92 bits per heavy atom. The average molecular weight is 185 g/mol. The van der Waals surface area contributed by atoms with E-state index >= 15 is 0 Å². The van der Waals surface area contributed by atoms with E-state index in [9.17, 15) is 0 Å². The minimum atomic E-state index is 0.492. The lowest BCUT2D eigenvalue weighted by molar-refractivity contribution is -0.0304. The standard InChI is InChI=1S/C11H23NO/c1-11(2,3)6-5-7-12-8-10(9-12)13-4/h10H,5-9H2,1-4H3. The van der Waals surface area contributed by atoms with Gasteiger partial charge in [0, 0.05) is 20.2 Å². The van der Waals surface area contributed by atoms with Gasteiger partial charge in [0.1, 0.15) is 0 Å². The van der Waals surface area contributed by atoms with Crippen LogP contribution in [0, 0.1) is 5.41 Å². The van der Waals surface area contributed by atoms with Crippen molar-refractivity contribution in [3.8, 4) is 0 Å². The number of nitrogens with zero attached hydrogens (tertiary/aromatic N) is 1. The molecule has 0 aromatic heterocycles. The summed E-state index contributed by atoms with van der Waals surface area (Å²) >= 11 is 0. The van der Waals surface area contributed by atoms with E-state index in [1.54, 1.807) is 7.11 Å². The number of rotatable bonds is 4. The predicted molar refractivity (Wildman–Crippen MR) is 55.9 cm³/mol. The van der Waals surface area contributed by atoms with Crippen molar-refractivity contribution in [3.63, 3.8) is 0 Å². The smallest absolute Gasteiger partial charge is 0.0824 e. The Kier molecular flexibility index (Phi) is 3.74. The highest BCUT2D eigenvalue weighted by molar-refractivity contribution is 4.80. The molecule has 13 heavy (non-hydrogen) atoms. The predicted octanol–water partition coefficient (Wildman–Crippen LogP) is 2.14. The Hall–Kier alpha value is -0.0800. The summed E-state index contributed by atoms with van der Waals surface area (Å²) in [6, 6.07) is 0. The van der Waals surface area contributed by atoms with Crippen molar-refractivity contribution >= 4 is 0 Å². The summed E-state index contributed by atoms with van der Waals surface area (Å²) < 4.78 is 5.22. The van der Waals surface area contributed by atoms with Crippen LogP contribution in [0.15, 0.2) is 0 Å². The van der Waals surface area contributed by atoms with Crippen LogP contribution in [-0.4, -0.2) is 37.7 Å². The lowest BCUT2D eigenvalue weighted by Crippen LogP contribution is -2.51. The molecule has 0 spiro atoms.